The van der Waals surface area contributed by atoms with Crippen LogP contribution in [0.15, 0.2) is 0 Å². The van der Waals surface area contributed by atoms with Crippen LogP contribution in [0.25, 0.3) is 0 Å². The maximum Gasteiger partial charge on any atom is 0.259 e. The minimum atomic E-state index is -1.99. The van der Waals surface area contributed by atoms with Crippen LogP contribution >= 0.6 is 11.6 Å². The highest BCUT2D eigenvalue weighted by molar-refractivity contribution is 6.77. The van der Waals surface area contributed by atoms with E-state index in [1.54, 1.807) is 0 Å². The van der Waals surface area contributed by atoms with E-state index in [1.165, 1.54) is 0 Å². The maximum atomic E-state index is 10.1. The first-order valence-electron chi connectivity index (χ1n) is 14.1. The Hall–Kier alpha value is 0.0538. The third-order valence-corrected chi connectivity index (χ3v) is 19.5. The van der Waals surface area contributed by atoms with Crippen LogP contribution in [-0.4, -0.2) is 53.7 Å². The zero-order valence-electron chi connectivity index (χ0n) is 25.4. The highest BCUT2D eigenvalue weighted by Crippen LogP contribution is 2.43. The number of halogens is 1. The molecule has 0 N–H and O–H groups in total. The van der Waals surface area contributed by atoms with E-state index >= 15 is 0 Å². The lowest BCUT2D eigenvalue weighted by molar-refractivity contribution is -0.261. The fourth-order valence-corrected chi connectivity index (χ4v) is 12.7. The predicted molar refractivity (Wildman–Crippen MR) is 157 cm³/mol. The molecule has 1 fully saturated rings. The van der Waals surface area contributed by atoms with Gasteiger partial charge in [-0.2, -0.15) is 5.26 Å². The zero-order valence-corrected chi connectivity index (χ0v) is 28.1. The predicted octanol–water partition coefficient (Wildman–Crippen LogP) is 8.64. The van der Waals surface area contributed by atoms with Crippen LogP contribution in [0.4, 0.5) is 0 Å². The first-order chi connectivity index (χ1) is 16.5. The first-order valence-corrected chi connectivity index (χ1v) is 19.7. The third kappa shape index (κ3) is 8.53. The molecule has 4 atom stereocenters. The number of rotatable bonds is 14. The van der Waals surface area contributed by atoms with Gasteiger partial charge in [0.1, 0.15) is 6.07 Å². The van der Waals surface area contributed by atoms with Gasteiger partial charge < -0.3 is 18.3 Å². The standard InChI is InChI=1S/C28H56ClNO4Si2/c1-21(2)36(22(3)4,23(5)6)32-18-24(7)26-14-13-16-28(20-30,33-26)31-19-25(15-17-29)34-35(11,12)27(8,9)10/h21-26H,13-19H2,1-12H3/t24-,25-,26-,28-/m0/s1. The van der Waals surface area contributed by atoms with E-state index in [9.17, 15) is 5.26 Å². The van der Waals surface area contributed by atoms with Crippen LogP contribution in [0.2, 0.25) is 34.8 Å². The van der Waals surface area contributed by atoms with Crippen LogP contribution in [0, 0.1) is 17.2 Å². The first kappa shape index (κ1) is 34.1. The highest BCUT2D eigenvalue weighted by atomic mass is 35.5. The lowest BCUT2D eigenvalue weighted by Crippen LogP contribution is -2.51. The summed E-state index contributed by atoms with van der Waals surface area (Å²) in [4.78, 5) is 0. The average molecular weight is 562 g/mol. The highest BCUT2D eigenvalue weighted by Gasteiger charge is 2.47. The molecular weight excluding hydrogens is 506 g/mol. The molecule has 0 bridgehead atoms. The second-order valence-electron chi connectivity index (χ2n) is 13.3. The average Bonchev–Trinajstić information content (AvgIpc) is 2.76. The van der Waals surface area contributed by atoms with Crippen molar-refractivity contribution in [2.24, 2.45) is 5.92 Å². The number of nitrogens with zero attached hydrogens (tertiary/aromatic N) is 1. The molecule has 0 aromatic heterocycles. The Bertz CT molecular complexity index is 683. The van der Waals surface area contributed by atoms with Crippen molar-refractivity contribution in [1.82, 2.24) is 0 Å². The van der Waals surface area contributed by atoms with Crippen molar-refractivity contribution in [3.05, 3.63) is 0 Å². The monoisotopic (exact) mass is 561 g/mol. The fourth-order valence-electron chi connectivity index (χ4n) is 5.52. The molecular formula is C28H56ClNO4Si2. The molecule has 1 rings (SSSR count). The van der Waals surface area contributed by atoms with Crippen LogP contribution in [-0.2, 0) is 18.3 Å². The van der Waals surface area contributed by atoms with Gasteiger partial charge in [0.2, 0.25) is 0 Å². The summed E-state index contributed by atoms with van der Waals surface area (Å²) in [6, 6.07) is 2.37. The summed E-state index contributed by atoms with van der Waals surface area (Å²) in [5, 5.41) is 10.2. The lowest BCUT2D eigenvalue weighted by atomic mass is 9.94. The SMILES string of the molecule is CC(C)[Si](OC[C@H](C)[C@@H]1CCC[C@](C#N)(OC[C@H](CCCl)O[Si](C)(C)C(C)(C)C)O1)(C(C)C)C(C)C. The van der Waals surface area contributed by atoms with Gasteiger partial charge in [-0.3, -0.25) is 0 Å². The van der Waals surface area contributed by atoms with Crippen LogP contribution in [0.5, 0.6) is 0 Å². The summed E-state index contributed by atoms with van der Waals surface area (Å²) >= 11 is 6.11. The summed E-state index contributed by atoms with van der Waals surface area (Å²) in [6.07, 6.45) is 2.87. The van der Waals surface area contributed by atoms with Crippen LogP contribution < -0.4 is 0 Å². The van der Waals surface area contributed by atoms with Gasteiger partial charge in [0.25, 0.3) is 5.79 Å². The van der Waals surface area contributed by atoms with E-state index < -0.39 is 22.4 Å². The Labute approximate surface area is 230 Å². The second-order valence-corrected chi connectivity index (χ2v) is 23.9. The number of ether oxygens (including phenoxy) is 2. The molecule has 8 heteroatoms. The molecule has 0 unspecified atom stereocenters. The van der Waals surface area contributed by atoms with Crippen molar-refractivity contribution in [2.45, 2.75) is 148 Å². The van der Waals surface area contributed by atoms with Crippen molar-refractivity contribution < 1.29 is 18.3 Å². The zero-order chi connectivity index (χ0) is 27.9. The molecule has 0 aromatic rings. The lowest BCUT2D eigenvalue weighted by Gasteiger charge is -2.44. The Morgan fingerprint density at radius 3 is 2.03 bits per heavy atom. The van der Waals surface area contributed by atoms with Crippen molar-refractivity contribution >= 4 is 28.2 Å². The van der Waals surface area contributed by atoms with Gasteiger partial charge in [0, 0.05) is 24.8 Å². The summed E-state index contributed by atoms with van der Waals surface area (Å²) in [6.45, 7) is 28.2. The Kier molecular flexibility index (Phi) is 13.2. The molecule has 0 radical (unpaired) electrons. The molecule has 0 saturated carbocycles. The molecule has 5 nitrogen and oxygen atoms in total. The number of alkyl halides is 1. The van der Waals surface area contributed by atoms with Gasteiger partial charge in [-0.25, -0.2) is 0 Å². The number of hydrogen-bond donors (Lipinski definition) is 0. The van der Waals surface area contributed by atoms with Gasteiger partial charge in [0.15, 0.2) is 16.6 Å². The van der Waals surface area contributed by atoms with Gasteiger partial charge >= 0.3 is 0 Å². The van der Waals surface area contributed by atoms with Gasteiger partial charge in [-0.15, -0.1) is 11.6 Å². The Morgan fingerprint density at radius 1 is 1.03 bits per heavy atom. The summed E-state index contributed by atoms with van der Waals surface area (Å²) in [5.41, 5.74) is 1.62. The number of nitriles is 1. The second kappa shape index (κ2) is 13.9. The largest absolute Gasteiger partial charge is 0.416 e. The molecule has 1 heterocycles. The van der Waals surface area contributed by atoms with Crippen LogP contribution in [0.3, 0.4) is 0 Å². The molecule has 1 saturated heterocycles. The maximum absolute atomic E-state index is 10.1. The molecule has 0 aliphatic carbocycles. The number of hydrogen-bond acceptors (Lipinski definition) is 5. The Balaban J connectivity index is 2.91. The van der Waals surface area contributed by atoms with Crippen molar-refractivity contribution in [1.29, 1.82) is 5.26 Å². The van der Waals surface area contributed by atoms with E-state index in [4.69, 9.17) is 29.9 Å². The van der Waals surface area contributed by atoms with E-state index in [2.05, 4.69) is 88.4 Å². The smallest absolute Gasteiger partial charge is 0.259 e. The molecule has 1 aliphatic heterocycles. The van der Waals surface area contributed by atoms with E-state index in [0.717, 1.165) is 12.8 Å². The third-order valence-electron chi connectivity index (χ3n) is 8.65. The normalized spacial score (nSPS) is 23.8. The van der Waals surface area contributed by atoms with Crippen molar-refractivity contribution in [2.75, 3.05) is 19.1 Å². The summed E-state index contributed by atoms with van der Waals surface area (Å²) in [7, 11) is -3.94. The molecule has 36 heavy (non-hydrogen) atoms. The minimum Gasteiger partial charge on any atom is -0.416 e. The van der Waals surface area contributed by atoms with Gasteiger partial charge in [-0.1, -0.05) is 69.2 Å². The molecule has 1 aliphatic rings. The minimum absolute atomic E-state index is 0.0654. The van der Waals surface area contributed by atoms with E-state index in [0.29, 0.717) is 48.6 Å². The molecule has 0 spiro atoms. The Morgan fingerprint density at radius 2 is 1.58 bits per heavy atom. The van der Waals surface area contributed by atoms with E-state index in [1.807, 2.05) is 0 Å². The van der Waals surface area contributed by atoms with E-state index in [-0.39, 0.29) is 23.2 Å². The topological polar surface area (TPSA) is 60.7 Å². The molecule has 0 amide bonds. The quantitative estimate of drug-likeness (QED) is 0.157. The molecule has 212 valence electrons. The molecule has 0 aromatic carbocycles. The summed E-state index contributed by atoms with van der Waals surface area (Å²) < 4.78 is 26.1. The van der Waals surface area contributed by atoms with Crippen molar-refractivity contribution in [3.63, 3.8) is 0 Å². The van der Waals surface area contributed by atoms with Crippen LogP contribution in [0.1, 0.15) is 94.9 Å². The van der Waals surface area contributed by atoms with Crippen molar-refractivity contribution in [3.8, 4) is 6.07 Å². The van der Waals surface area contributed by atoms with Gasteiger partial charge in [0.05, 0.1) is 18.8 Å². The fraction of sp³-hybridized carbons (Fsp3) is 0.964. The summed E-state index contributed by atoms with van der Waals surface area (Å²) in [5.74, 6) is -0.555. The van der Waals surface area contributed by atoms with Gasteiger partial charge in [-0.05, 0) is 54.0 Å².